The van der Waals surface area contributed by atoms with E-state index in [9.17, 15) is 0 Å². The molecule has 49 heavy (non-hydrogen) atoms. The summed E-state index contributed by atoms with van der Waals surface area (Å²) in [6.45, 7) is 18.1. The van der Waals surface area contributed by atoms with E-state index in [1.54, 1.807) is 0 Å². The zero-order valence-corrected chi connectivity index (χ0v) is 33.6. The van der Waals surface area contributed by atoms with E-state index >= 15 is 0 Å². The Balaban J connectivity index is 1.71. The van der Waals surface area contributed by atoms with Gasteiger partial charge in [0.1, 0.15) is 11.1 Å². The molecular weight excluding hydrogens is 656 g/mol. The van der Waals surface area contributed by atoms with Crippen LogP contribution in [-0.4, -0.2) is 44.7 Å². The molecule has 2 aliphatic heterocycles. The third-order valence-corrected chi connectivity index (χ3v) is 18.0. The Morgan fingerprint density at radius 3 is 1.29 bits per heavy atom. The minimum Gasteiger partial charge on any atom is -0.243 e. The highest BCUT2D eigenvalue weighted by molar-refractivity contribution is 8.01. The van der Waals surface area contributed by atoms with Crippen molar-refractivity contribution in [1.82, 2.24) is 14.4 Å². The molecule has 4 aromatic carbocycles. The number of benzene rings is 4. The van der Waals surface area contributed by atoms with E-state index in [0.717, 1.165) is 12.8 Å². The molecule has 5 unspecified atom stereocenters. The summed E-state index contributed by atoms with van der Waals surface area (Å²) in [5.41, 5.74) is 9.12. The number of likely N-dealkylation sites (N-methyl/N-ethyl adjacent to an activating group) is 2. The fraction of sp³-hybridized carbons (Fsp3) is 0.429. The maximum atomic E-state index is 6.36. The first kappa shape index (κ1) is 36.5. The highest BCUT2D eigenvalue weighted by atomic mass is 32.2. The van der Waals surface area contributed by atoms with Gasteiger partial charge in [0, 0.05) is 10.5 Å². The molecule has 2 aliphatic rings. The van der Waals surface area contributed by atoms with Crippen LogP contribution in [0.25, 0.3) is 0 Å². The van der Waals surface area contributed by atoms with Gasteiger partial charge in [-0.2, -0.15) is 0 Å². The van der Waals surface area contributed by atoms with Crippen LogP contribution in [0.1, 0.15) is 85.0 Å². The lowest BCUT2D eigenvalue weighted by Crippen LogP contribution is -2.46. The summed E-state index contributed by atoms with van der Waals surface area (Å²) in [6.07, 6.45) is 2.21. The lowest BCUT2D eigenvalue weighted by Gasteiger charge is -2.39. The van der Waals surface area contributed by atoms with Crippen LogP contribution in [0, 0.1) is 27.7 Å². The molecule has 1 fully saturated rings. The van der Waals surface area contributed by atoms with Gasteiger partial charge in [0.2, 0.25) is 0 Å². The van der Waals surface area contributed by atoms with Crippen molar-refractivity contribution in [3.8, 4) is 0 Å². The molecule has 0 bridgehead atoms. The van der Waals surface area contributed by atoms with Crippen LogP contribution in [0.5, 0.6) is 0 Å². The number of nitrogens with one attached hydrogen (secondary N) is 1. The molecular formula is C42H55N4PS2. The van der Waals surface area contributed by atoms with Gasteiger partial charge in [-0.15, -0.1) is 23.5 Å². The Morgan fingerprint density at radius 2 is 0.918 bits per heavy atom. The summed E-state index contributed by atoms with van der Waals surface area (Å²) in [6, 6.07) is 37.0. The average molecular weight is 711 g/mol. The topological polar surface area (TPSA) is 30.9 Å². The van der Waals surface area contributed by atoms with E-state index in [1.807, 2.05) is 0 Å². The largest absolute Gasteiger partial charge is 0.243 e. The second-order valence-electron chi connectivity index (χ2n) is 14.4. The van der Waals surface area contributed by atoms with E-state index in [1.165, 1.54) is 44.5 Å². The van der Waals surface area contributed by atoms with Gasteiger partial charge >= 0.3 is 0 Å². The number of nitrogens with zero attached hydrogens (tertiary/aromatic N) is 3. The van der Waals surface area contributed by atoms with Gasteiger partial charge in [-0.25, -0.2) is 19.2 Å². The molecule has 7 heteroatoms. The SMILES string of the molecule is CCC(C)SC1N(C)P2(=NC1(c1ccc(C)cc1)c1ccc(C)cc1)NC(c1ccc(C)cc1)(c1ccc(C)cc1)C(SC(C)CC)N2C. The van der Waals surface area contributed by atoms with Gasteiger partial charge in [0.25, 0.3) is 0 Å². The normalized spacial score (nSPS) is 24.6. The molecule has 2 heterocycles. The van der Waals surface area contributed by atoms with Crippen LogP contribution >= 0.6 is 31.0 Å². The molecule has 0 radical (unpaired) electrons. The van der Waals surface area contributed by atoms with E-state index < -0.39 is 18.6 Å². The summed E-state index contributed by atoms with van der Waals surface area (Å²) in [7, 11) is 2.14. The van der Waals surface area contributed by atoms with Crippen molar-refractivity contribution in [2.75, 3.05) is 14.1 Å². The summed E-state index contributed by atoms with van der Waals surface area (Å²) in [5, 5.41) is 5.65. The smallest absolute Gasteiger partial charge is 0.169 e. The zero-order chi connectivity index (χ0) is 35.1. The van der Waals surface area contributed by atoms with Crippen LogP contribution in [-0.2, 0) is 11.1 Å². The lowest BCUT2D eigenvalue weighted by molar-refractivity contribution is 0.383. The van der Waals surface area contributed by atoms with Crippen LogP contribution in [0.4, 0.5) is 0 Å². The summed E-state index contributed by atoms with van der Waals surface area (Å²) < 4.78 is 11.7. The molecule has 0 amide bonds. The van der Waals surface area contributed by atoms with E-state index in [0.29, 0.717) is 10.5 Å². The first-order chi connectivity index (χ1) is 23.4. The average Bonchev–Trinajstić information content (AvgIpc) is 3.49. The van der Waals surface area contributed by atoms with Gasteiger partial charge < -0.3 is 0 Å². The molecule has 4 aromatic rings. The van der Waals surface area contributed by atoms with Crippen molar-refractivity contribution < 1.29 is 0 Å². The van der Waals surface area contributed by atoms with Crippen molar-refractivity contribution in [1.29, 1.82) is 0 Å². The molecule has 6 rings (SSSR count). The van der Waals surface area contributed by atoms with Gasteiger partial charge in [0.15, 0.2) is 7.51 Å². The minimum absolute atomic E-state index is 0.0808. The molecule has 1 saturated heterocycles. The molecule has 4 nitrogen and oxygen atoms in total. The van der Waals surface area contributed by atoms with Gasteiger partial charge in [0.05, 0.1) is 10.7 Å². The van der Waals surface area contributed by atoms with Crippen molar-refractivity contribution in [2.45, 2.75) is 101 Å². The van der Waals surface area contributed by atoms with Gasteiger partial charge in [-0.05, 0) is 76.9 Å². The molecule has 0 aromatic heterocycles. The number of hydrogen-bond donors (Lipinski definition) is 1. The fourth-order valence-corrected chi connectivity index (χ4v) is 15.0. The predicted molar refractivity (Wildman–Crippen MR) is 217 cm³/mol. The predicted octanol–water partition coefficient (Wildman–Crippen LogP) is 11.2. The molecule has 5 atom stereocenters. The third kappa shape index (κ3) is 6.30. The van der Waals surface area contributed by atoms with Crippen LogP contribution in [0.15, 0.2) is 102 Å². The molecule has 260 valence electrons. The maximum Gasteiger partial charge on any atom is 0.169 e. The monoisotopic (exact) mass is 710 g/mol. The Labute approximate surface area is 305 Å². The Kier molecular flexibility index (Phi) is 10.7. The molecule has 0 saturated carbocycles. The molecule has 1 N–H and O–H groups in total. The van der Waals surface area contributed by atoms with Crippen LogP contribution < -0.4 is 5.09 Å². The third-order valence-electron chi connectivity index (χ3n) is 10.8. The fourth-order valence-electron chi connectivity index (χ4n) is 7.36. The zero-order valence-electron chi connectivity index (χ0n) is 31.1. The Bertz CT molecular complexity index is 1700. The maximum absolute atomic E-state index is 6.36. The summed E-state index contributed by atoms with van der Waals surface area (Å²) >= 11 is 4.18. The van der Waals surface area contributed by atoms with Crippen molar-refractivity contribution >= 4 is 31.0 Å². The number of rotatable bonds is 10. The standard InChI is InChI=1S/C42H55N4PS2/c1-11-33(7)48-39-41(35-21-13-29(3)14-22-35,36-23-15-30(4)16-24-36)43-47(45(39)9)44-42(37-25-17-31(5)18-26-37,38-27-19-32(6)20-28-38)40(46(47)10)49-34(8)12-2/h13-28,33-34,39-40,43H,11-12H2,1-10H3. The number of thioether (sulfide) groups is 2. The Hall–Kier alpha value is -2.31. The highest BCUT2D eigenvalue weighted by Gasteiger charge is 2.65. The second-order valence-corrected chi connectivity index (χ2v) is 20.2. The highest BCUT2D eigenvalue weighted by Crippen LogP contribution is 2.74. The van der Waals surface area contributed by atoms with E-state index in [2.05, 4.69) is 204 Å². The quantitative estimate of drug-likeness (QED) is 0.166. The van der Waals surface area contributed by atoms with Gasteiger partial charge in [-0.3, -0.25) is 0 Å². The van der Waals surface area contributed by atoms with Crippen molar-refractivity contribution in [3.63, 3.8) is 0 Å². The first-order valence-corrected chi connectivity index (χ1v) is 21.4. The van der Waals surface area contributed by atoms with E-state index in [-0.39, 0.29) is 10.7 Å². The minimum atomic E-state index is -2.58. The molecule has 0 aliphatic carbocycles. The lowest BCUT2D eigenvalue weighted by atomic mass is 9.82. The van der Waals surface area contributed by atoms with Crippen LogP contribution in [0.2, 0.25) is 0 Å². The van der Waals surface area contributed by atoms with E-state index in [4.69, 9.17) is 4.74 Å². The molecule has 1 spiro atoms. The van der Waals surface area contributed by atoms with Crippen molar-refractivity contribution in [2.24, 2.45) is 4.74 Å². The Morgan fingerprint density at radius 1 is 0.592 bits per heavy atom. The van der Waals surface area contributed by atoms with Crippen molar-refractivity contribution in [3.05, 3.63) is 142 Å². The first-order valence-electron chi connectivity index (χ1n) is 17.9. The summed E-state index contributed by atoms with van der Waals surface area (Å²) in [5.74, 6) is 0. The van der Waals surface area contributed by atoms with Gasteiger partial charge in [-0.1, -0.05) is 147 Å². The summed E-state index contributed by atoms with van der Waals surface area (Å²) in [4.78, 5) is 0. The number of aryl methyl sites for hydroxylation is 4. The number of hydrogen-bond acceptors (Lipinski definition) is 6. The van der Waals surface area contributed by atoms with Crippen LogP contribution in [0.3, 0.4) is 0 Å². The second kappa shape index (κ2) is 14.4.